The van der Waals surface area contributed by atoms with Gasteiger partial charge in [0.25, 0.3) is 0 Å². The van der Waals surface area contributed by atoms with Crippen molar-refractivity contribution in [2.75, 3.05) is 0 Å². The van der Waals surface area contributed by atoms with E-state index in [1.807, 2.05) is 0 Å². The van der Waals surface area contributed by atoms with E-state index in [2.05, 4.69) is 9.05 Å². The number of hydrogen-bond acceptors (Lipinski definition) is 11. The van der Waals surface area contributed by atoms with Crippen molar-refractivity contribution < 1.29 is 53.8 Å². The second-order valence-electron chi connectivity index (χ2n) is 3.57. The molecule has 1 fully saturated rings. The molecule has 0 spiro atoms. The van der Waals surface area contributed by atoms with Crippen molar-refractivity contribution in [1.82, 2.24) is 0 Å². The van der Waals surface area contributed by atoms with Crippen LogP contribution in [0.25, 0.3) is 0 Å². The van der Waals surface area contributed by atoms with Crippen molar-refractivity contribution in [3.8, 4) is 0 Å². The third-order valence-electron chi connectivity index (χ3n) is 2.07. The summed E-state index contributed by atoms with van der Waals surface area (Å²) in [7, 11) is 0. The quantitative estimate of drug-likeness (QED) is 0.273. The minimum absolute atomic E-state index is 1.49. The van der Waals surface area contributed by atoms with Gasteiger partial charge in [0.05, 0.1) is 0 Å². The molecule has 5 N–H and O–H groups in total. The summed E-state index contributed by atoms with van der Waals surface area (Å²) in [6.45, 7) is 0. The Balaban J connectivity index is 2.74. The van der Waals surface area contributed by atoms with Gasteiger partial charge in [-0.05, 0) is 0 Å². The fraction of sp³-hybridized carbons (Fsp3) is 0.500. The van der Waals surface area contributed by atoms with E-state index < -0.39 is 69.8 Å². The molecule has 0 radical (unpaired) electrons. The molecule has 0 amide bonds. The average Bonchev–Trinajstić information content (AvgIpc) is 2.50. The van der Waals surface area contributed by atoms with Crippen LogP contribution in [0.2, 0.25) is 0 Å². The summed E-state index contributed by atoms with van der Waals surface area (Å²) in [5.74, 6) is -6.61. The number of aliphatic carboxylic acids is 1. The first kappa shape index (κ1) is 17.6. The zero-order valence-electron chi connectivity index (χ0n) is 9.85. The molecule has 1 aliphatic rings. The van der Waals surface area contributed by atoms with Crippen LogP contribution in [0.15, 0.2) is 0 Å². The monoisotopic (exact) mass is 418 g/mol. The topological polar surface area (TPSA) is 197 Å². The molecule has 0 aromatic rings. The third-order valence-corrected chi connectivity index (χ3v) is 4.89. The Morgan fingerprint density at radius 3 is 1.86 bits per heavy atom. The molecule has 12 nitrogen and oxygen atoms in total. The van der Waals surface area contributed by atoms with E-state index in [-0.39, 0.29) is 0 Å². The van der Waals surface area contributed by atoms with Crippen molar-refractivity contribution in [2.45, 2.75) is 24.4 Å². The van der Waals surface area contributed by atoms with Gasteiger partial charge >= 0.3 is 124 Å². The summed E-state index contributed by atoms with van der Waals surface area (Å²) in [6.07, 6.45) is -9.49. The number of carboxylic acid groups (broad SMARTS) is 1. The van der Waals surface area contributed by atoms with Gasteiger partial charge in [0, 0.05) is 0 Å². The Kier molecular flexibility index (Phi) is 5.86. The van der Waals surface area contributed by atoms with Gasteiger partial charge in [-0.3, -0.25) is 0 Å². The van der Waals surface area contributed by atoms with Gasteiger partial charge in [0.15, 0.2) is 0 Å². The summed E-state index contributed by atoms with van der Waals surface area (Å²) >= 11 is -4.37. The third kappa shape index (κ3) is 4.25. The normalized spacial score (nSPS) is 26.1. The van der Waals surface area contributed by atoms with Crippen LogP contribution in [0.4, 0.5) is 0 Å². The maximum atomic E-state index is 11.3. The van der Waals surface area contributed by atoms with Crippen LogP contribution in [0.3, 0.4) is 0 Å². The second-order valence-corrected chi connectivity index (χ2v) is 6.41. The van der Waals surface area contributed by atoms with E-state index >= 15 is 0 Å². The van der Waals surface area contributed by atoms with Gasteiger partial charge in [-0.1, -0.05) is 0 Å². The van der Waals surface area contributed by atoms with E-state index in [9.17, 15) is 19.2 Å². The Bertz CT molecular complexity index is 440. The summed E-state index contributed by atoms with van der Waals surface area (Å²) < 4.78 is 13.0. The summed E-state index contributed by atoms with van der Waals surface area (Å²) in [4.78, 5) is 43.9. The molecule has 1 rings (SSSR count). The zero-order chi connectivity index (χ0) is 16.3. The number of rotatable bonds is 4. The van der Waals surface area contributed by atoms with Gasteiger partial charge in [0.1, 0.15) is 0 Å². The number of carboxylic acids is 1. The second kappa shape index (κ2) is 7.00. The molecule has 0 aromatic heterocycles. The van der Waals surface area contributed by atoms with Crippen LogP contribution in [-0.2, 0) is 28.2 Å². The standard InChI is InChI=1S/2C4H6O6.Sb/c2*5-1(3(7)8)2(6)4(9)10;/h2*1-2,5-6H,(H,7,8)(H,9,10);/q;;+3/p-3/t2*1-,2-;/m00./s1. The Labute approximate surface area is 124 Å². The number of aliphatic hydroxyl groups is 4. The Hall–Kier alpha value is -1.46. The molecule has 1 heterocycles. The first-order chi connectivity index (χ1) is 9.65. The van der Waals surface area contributed by atoms with Crippen LogP contribution < -0.4 is 0 Å². The fourth-order valence-electron chi connectivity index (χ4n) is 0.960. The van der Waals surface area contributed by atoms with Crippen LogP contribution in [-0.4, -0.2) is 95.3 Å². The van der Waals surface area contributed by atoms with E-state index in [4.69, 9.17) is 25.5 Å². The molecule has 4 atom stereocenters. The molecule has 0 unspecified atom stereocenters. The molecule has 0 saturated carbocycles. The molecule has 118 valence electrons. The first-order valence-corrected chi connectivity index (χ1v) is 8.18. The van der Waals surface area contributed by atoms with Gasteiger partial charge in [-0.25, -0.2) is 0 Å². The van der Waals surface area contributed by atoms with E-state index in [1.165, 1.54) is 0 Å². The number of hydrogen-bond donors (Lipinski definition) is 5. The van der Waals surface area contributed by atoms with E-state index in [0.29, 0.717) is 0 Å². The number of aliphatic hydroxyl groups excluding tert-OH is 4. The zero-order valence-corrected chi connectivity index (χ0v) is 12.4. The molecule has 13 heteroatoms. The molecular formula is C8H9O12Sb. The molecule has 1 aliphatic heterocycles. The molecule has 21 heavy (non-hydrogen) atoms. The predicted octanol–water partition coefficient (Wildman–Crippen LogP) is -4.86. The van der Waals surface area contributed by atoms with Crippen LogP contribution >= 0.6 is 0 Å². The van der Waals surface area contributed by atoms with E-state index in [1.54, 1.807) is 0 Å². The molecule has 0 aliphatic carbocycles. The SMILES string of the molecule is O=C(O)[C@@H](O)[C@H](O)C(=O)[O][Sb]1[O]C(=O)[C@@H](O)[C@H](O)C(=O)[O]1. The van der Waals surface area contributed by atoms with Crippen LogP contribution in [0, 0.1) is 0 Å². The van der Waals surface area contributed by atoms with Crippen molar-refractivity contribution >= 4 is 45.3 Å². The van der Waals surface area contributed by atoms with Gasteiger partial charge in [0.2, 0.25) is 0 Å². The van der Waals surface area contributed by atoms with Gasteiger partial charge in [-0.2, -0.15) is 0 Å². The van der Waals surface area contributed by atoms with Gasteiger partial charge < -0.3 is 0 Å². The van der Waals surface area contributed by atoms with E-state index in [0.717, 1.165) is 0 Å². The average molecular weight is 419 g/mol. The van der Waals surface area contributed by atoms with Crippen molar-refractivity contribution in [2.24, 2.45) is 0 Å². The van der Waals surface area contributed by atoms with Gasteiger partial charge in [-0.15, -0.1) is 0 Å². The fourth-order valence-corrected chi connectivity index (χ4v) is 3.46. The van der Waals surface area contributed by atoms with Crippen molar-refractivity contribution in [1.29, 1.82) is 0 Å². The summed E-state index contributed by atoms with van der Waals surface area (Å²) in [5, 5.41) is 44.6. The summed E-state index contributed by atoms with van der Waals surface area (Å²) in [6, 6.07) is 0. The summed E-state index contributed by atoms with van der Waals surface area (Å²) in [5.41, 5.74) is 0. The molecule has 0 aromatic carbocycles. The van der Waals surface area contributed by atoms with Crippen LogP contribution in [0.5, 0.6) is 0 Å². The van der Waals surface area contributed by atoms with Crippen molar-refractivity contribution in [3.63, 3.8) is 0 Å². The predicted molar refractivity (Wildman–Crippen MR) is 55.7 cm³/mol. The Morgan fingerprint density at radius 1 is 1.05 bits per heavy atom. The first-order valence-electron chi connectivity index (χ1n) is 5.05. The minimum atomic E-state index is -4.37. The number of carbonyl (C=O) groups excluding carboxylic acids is 3. The van der Waals surface area contributed by atoms with Crippen molar-refractivity contribution in [3.05, 3.63) is 0 Å². The molecule has 0 bridgehead atoms. The molecular weight excluding hydrogens is 410 g/mol. The molecule has 1 saturated heterocycles. The Morgan fingerprint density at radius 2 is 1.48 bits per heavy atom. The van der Waals surface area contributed by atoms with Crippen LogP contribution in [0.1, 0.15) is 0 Å². The maximum absolute atomic E-state index is 11.3. The number of carbonyl (C=O) groups is 4.